The molecule has 0 radical (unpaired) electrons. The zero-order valence-electron chi connectivity index (χ0n) is 11.0. The van der Waals surface area contributed by atoms with Crippen molar-refractivity contribution in [2.24, 2.45) is 0 Å². The van der Waals surface area contributed by atoms with Crippen LogP contribution < -0.4 is 10.6 Å². The van der Waals surface area contributed by atoms with Crippen molar-refractivity contribution in [1.82, 2.24) is 10.6 Å². The van der Waals surface area contributed by atoms with Crippen LogP contribution in [0.3, 0.4) is 0 Å². The molecule has 1 aromatic rings. The Morgan fingerprint density at radius 3 is 2.74 bits per heavy atom. The van der Waals surface area contributed by atoms with Crippen molar-refractivity contribution in [2.45, 2.75) is 31.5 Å². The normalized spacial score (nSPS) is 21.3. The lowest BCUT2D eigenvalue weighted by Gasteiger charge is -2.35. The smallest absolute Gasteiger partial charge is 0.407 e. The van der Waals surface area contributed by atoms with Crippen LogP contribution in [0.2, 0.25) is 0 Å². The molecule has 1 fully saturated rings. The van der Waals surface area contributed by atoms with Crippen LogP contribution in [0.4, 0.5) is 4.79 Å². The van der Waals surface area contributed by atoms with E-state index in [0.29, 0.717) is 12.6 Å². The van der Waals surface area contributed by atoms with Gasteiger partial charge >= 0.3 is 6.09 Å². The highest BCUT2D eigenvalue weighted by Gasteiger charge is 2.29. The summed E-state index contributed by atoms with van der Waals surface area (Å²) in [6.45, 7) is 4.79. The van der Waals surface area contributed by atoms with Gasteiger partial charge in [-0.25, -0.2) is 4.79 Å². The van der Waals surface area contributed by atoms with Crippen LogP contribution in [0, 0.1) is 0 Å². The number of carbonyl (C=O) groups excluding carboxylic acids is 1. The quantitative estimate of drug-likeness (QED) is 0.771. The summed E-state index contributed by atoms with van der Waals surface area (Å²) in [5.41, 5.74) is 0.997. The van der Waals surface area contributed by atoms with Crippen molar-refractivity contribution < 1.29 is 9.53 Å². The fraction of sp³-hybridized carbons (Fsp3) is 0.400. The van der Waals surface area contributed by atoms with Crippen LogP contribution in [0.15, 0.2) is 43.0 Å². The topological polar surface area (TPSA) is 50.4 Å². The minimum absolute atomic E-state index is 0.227. The average molecular weight is 260 g/mol. The van der Waals surface area contributed by atoms with Crippen molar-refractivity contribution >= 4 is 6.09 Å². The number of alkyl carbamates (subject to hydrolysis) is 1. The third kappa shape index (κ3) is 4.41. The van der Waals surface area contributed by atoms with E-state index in [1.807, 2.05) is 36.4 Å². The first-order chi connectivity index (χ1) is 9.28. The molecule has 0 spiro atoms. The first-order valence-electron chi connectivity index (χ1n) is 6.59. The molecule has 102 valence electrons. The van der Waals surface area contributed by atoms with E-state index < -0.39 is 0 Å². The van der Waals surface area contributed by atoms with Crippen LogP contribution in [0.5, 0.6) is 0 Å². The monoisotopic (exact) mass is 260 g/mol. The van der Waals surface area contributed by atoms with Crippen LogP contribution in [-0.2, 0) is 11.3 Å². The number of ether oxygens (including phenoxy) is 1. The maximum absolute atomic E-state index is 11.6. The summed E-state index contributed by atoms with van der Waals surface area (Å²) in [4.78, 5) is 11.6. The second kappa shape index (κ2) is 6.95. The molecule has 0 saturated heterocycles. The fourth-order valence-corrected chi connectivity index (χ4v) is 2.08. The predicted octanol–water partition coefficient (Wildman–Crippen LogP) is 2.22. The molecule has 1 aliphatic rings. The standard InChI is InChI=1S/C15H20N2O2/c1-2-8-16-13-9-14(10-13)17-15(18)19-11-12-6-4-3-5-7-12/h2-7,13-14,16H,1,8-11H2,(H,17,18). The Hall–Kier alpha value is -1.81. The van der Waals surface area contributed by atoms with Gasteiger partial charge in [0.1, 0.15) is 6.61 Å². The zero-order valence-corrected chi connectivity index (χ0v) is 11.0. The number of benzene rings is 1. The summed E-state index contributed by atoms with van der Waals surface area (Å²) in [5, 5.41) is 6.19. The number of hydrogen-bond donors (Lipinski definition) is 2. The second-order valence-electron chi connectivity index (χ2n) is 4.77. The minimum atomic E-state index is -0.337. The number of rotatable bonds is 6. The summed E-state index contributed by atoms with van der Waals surface area (Å²) in [6, 6.07) is 10.4. The molecule has 4 nitrogen and oxygen atoms in total. The van der Waals surface area contributed by atoms with Gasteiger partial charge in [0.15, 0.2) is 0 Å². The van der Waals surface area contributed by atoms with E-state index in [4.69, 9.17) is 4.74 Å². The van der Waals surface area contributed by atoms with Crippen LogP contribution in [0.1, 0.15) is 18.4 Å². The molecular weight excluding hydrogens is 240 g/mol. The molecule has 1 saturated carbocycles. The first kappa shape index (κ1) is 13.6. The van der Waals surface area contributed by atoms with Gasteiger partial charge in [-0.3, -0.25) is 0 Å². The third-order valence-electron chi connectivity index (χ3n) is 3.22. The molecule has 0 heterocycles. The molecule has 4 heteroatoms. The van der Waals surface area contributed by atoms with E-state index in [1.165, 1.54) is 0 Å². The molecule has 0 aromatic heterocycles. The van der Waals surface area contributed by atoms with E-state index in [9.17, 15) is 4.79 Å². The third-order valence-corrected chi connectivity index (χ3v) is 3.22. The van der Waals surface area contributed by atoms with Crippen LogP contribution >= 0.6 is 0 Å². The maximum atomic E-state index is 11.6. The molecule has 2 N–H and O–H groups in total. The van der Waals surface area contributed by atoms with Gasteiger partial charge in [-0.15, -0.1) is 6.58 Å². The highest BCUT2D eigenvalue weighted by Crippen LogP contribution is 2.19. The van der Waals surface area contributed by atoms with Gasteiger partial charge in [-0.05, 0) is 18.4 Å². The van der Waals surface area contributed by atoms with Crippen LogP contribution in [-0.4, -0.2) is 24.7 Å². The molecule has 0 aliphatic heterocycles. The summed E-state index contributed by atoms with van der Waals surface area (Å²) in [7, 11) is 0. The molecule has 1 aromatic carbocycles. The highest BCUT2D eigenvalue weighted by atomic mass is 16.5. The Morgan fingerprint density at radius 1 is 1.32 bits per heavy atom. The Labute approximate surface area is 113 Å². The number of nitrogens with one attached hydrogen (secondary N) is 2. The molecule has 1 amide bonds. The molecule has 0 bridgehead atoms. The van der Waals surface area contributed by atoms with Gasteiger partial charge < -0.3 is 15.4 Å². The lowest BCUT2D eigenvalue weighted by atomic mass is 9.87. The highest BCUT2D eigenvalue weighted by molar-refractivity contribution is 5.67. The van der Waals surface area contributed by atoms with Crippen molar-refractivity contribution in [3.05, 3.63) is 48.6 Å². The van der Waals surface area contributed by atoms with Gasteiger partial charge in [0.25, 0.3) is 0 Å². The molecule has 1 aliphatic carbocycles. The largest absolute Gasteiger partial charge is 0.445 e. The van der Waals surface area contributed by atoms with Gasteiger partial charge in [-0.2, -0.15) is 0 Å². The zero-order chi connectivity index (χ0) is 13.5. The van der Waals surface area contributed by atoms with Crippen LogP contribution in [0.25, 0.3) is 0 Å². The SMILES string of the molecule is C=CCNC1CC(NC(=O)OCc2ccccc2)C1. The van der Waals surface area contributed by atoms with E-state index in [-0.39, 0.29) is 12.1 Å². The second-order valence-corrected chi connectivity index (χ2v) is 4.77. The molecular formula is C15H20N2O2. The lowest BCUT2D eigenvalue weighted by molar-refractivity contribution is 0.126. The van der Waals surface area contributed by atoms with Gasteiger partial charge in [0.2, 0.25) is 0 Å². The van der Waals surface area contributed by atoms with Gasteiger partial charge in [-0.1, -0.05) is 36.4 Å². The predicted molar refractivity (Wildman–Crippen MR) is 74.8 cm³/mol. The lowest BCUT2D eigenvalue weighted by Crippen LogP contribution is -2.52. The van der Waals surface area contributed by atoms with Crippen molar-refractivity contribution in [2.75, 3.05) is 6.54 Å². The summed E-state index contributed by atoms with van der Waals surface area (Å²) in [5.74, 6) is 0. The minimum Gasteiger partial charge on any atom is -0.445 e. The number of amides is 1. The van der Waals surface area contributed by atoms with E-state index in [0.717, 1.165) is 24.9 Å². The van der Waals surface area contributed by atoms with E-state index in [1.54, 1.807) is 0 Å². The number of carbonyl (C=O) groups is 1. The number of hydrogen-bond acceptors (Lipinski definition) is 3. The van der Waals surface area contributed by atoms with E-state index in [2.05, 4.69) is 17.2 Å². The van der Waals surface area contributed by atoms with Gasteiger partial charge in [0.05, 0.1) is 0 Å². The molecule has 2 rings (SSSR count). The average Bonchev–Trinajstić information content (AvgIpc) is 2.40. The van der Waals surface area contributed by atoms with Crippen molar-refractivity contribution in [1.29, 1.82) is 0 Å². The Bertz CT molecular complexity index is 413. The van der Waals surface area contributed by atoms with Crippen molar-refractivity contribution in [3.8, 4) is 0 Å². The summed E-state index contributed by atoms with van der Waals surface area (Å²) in [6.07, 6.45) is 3.41. The molecule has 0 atom stereocenters. The fourth-order valence-electron chi connectivity index (χ4n) is 2.08. The molecule has 19 heavy (non-hydrogen) atoms. The van der Waals surface area contributed by atoms with Gasteiger partial charge in [0, 0.05) is 18.6 Å². The Balaban J connectivity index is 1.60. The Kier molecular flexibility index (Phi) is 4.98. The summed E-state index contributed by atoms with van der Waals surface area (Å²) < 4.78 is 5.16. The molecule has 0 unspecified atom stereocenters. The maximum Gasteiger partial charge on any atom is 0.407 e. The first-order valence-corrected chi connectivity index (χ1v) is 6.59. The summed E-state index contributed by atoms with van der Waals surface area (Å²) >= 11 is 0. The van der Waals surface area contributed by atoms with Crippen molar-refractivity contribution in [3.63, 3.8) is 0 Å². The Morgan fingerprint density at radius 2 is 2.05 bits per heavy atom. The van der Waals surface area contributed by atoms with E-state index >= 15 is 0 Å².